The number of para-hydroxylation sites is 1. The molecule has 2 nitrogen and oxygen atoms in total. The molecule has 104 valence electrons. The highest BCUT2D eigenvalue weighted by Crippen LogP contribution is 2.26. The molecule has 0 aliphatic rings. The molecule has 0 aliphatic heterocycles. The molecule has 0 saturated carbocycles. The van der Waals surface area contributed by atoms with Gasteiger partial charge in [0, 0.05) is 16.7 Å². The average Bonchev–Trinajstić information content (AvgIpc) is 2.44. The van der Waals surface area contributed by atoms with Gasteiger partial charge in [-0.1, -0.05) is 30.3 Å². The lowest BCUT2D eigenvalue weighted by atomic mass is 10.1. The van der Waals surface area contributed by atoms with Crippen LogP contribution in [0, 0.1) is 13.8 Å². The van der Waals surface area contributed by atoms with Gasteiger partial charge in [-0.15, -0.1) is 0 Å². The summed E-state index contributed by atoms with van der Waals surface area (Å²) in [4.78, 5) is 14.6. The van der Waals surface area contributed by atoms with Crippen LogP contribution in [0.15, 0.2) is 46.9 Å². The molecule has 0 fully saturated rings. The van der Waals surface area contributed by atoms with Crippen molar-refractivity contribution < 1.29 is 4.79 Å². The molecular weight excluding hydrogens is 314 g/mol. The van der Waals surface area contributed by atoms with E-state index in [2.05, 4.69) is 15.9 Å². The topological polar surface area (TPSA) is 20.3 Å². The van der Waals surface area contributed by atoms with Crippen molar-refractivity contribution >= 4 is 27.5 Å². The van der Waals surface area contributed by atoms with Gasteiger partial charge in [-0.2, -0.15) is 0 Å². The van der Waals surface area contributed by atoms with E-state index in [0.29, 0.717) is 12.1 Å². The molecule has 2 rings (SSSR count). The Morgan fingerprint density at radius 3 is 2.35 bits per heavy atom. The van der Waals surface area contributed by atoms with Gasteiger partial charge in [0.1, 0.15) is 0 Å². The quantitative estimate of drug-likeness (QED) is 0.795. The fraction of sp³-hybridized carbons (Fsp3) is 0.235. The van der Waals surface area contributed by atoms with Crippen molar-refractivity contribution in [3.05, 3.63) is 63.6 Å². The minimum absolute atomic E-state index is 0.0253. The van der Waals surface area contributed by atoms with Gasteiger partial charge in [-0.05, 0) is 60.0 Å². The molecule has 20 heavy (non-hydrogen) atoms. The summed E-state index contributed by atoms with van der Waals surface area (Å²) in [5.41, 5.74) is 3.84. The van der Waals surface area contributed by atoms with Crippen molar-refractivity contribution in [2.45, 2.75) is 20.8 Å². The second-order valence-corrected chi connectivity index (χ2v) is 5.57. The molecule has 2 aromatic carbocycles. The summed E-state index contributed by atoms with van der Waals surface area (Å²) in [5.74, 6) is 0.0253. The van der Waals surface area contributed by atoms with E-state index in [4.69, 9.17) is 0 Å². The number of carbonyl (C=O) groups excluding carboxylic acids is 1. The lowest BCUT2D eigenvalue weighted by Gasteiger charge is -2.23. The molecule has 0 bridgehead atoms. The van der Waals surface area contributed by atoms with Crippen molar-refractivity contribution in [1.82, 2.24) is 0 Å². The van der Waals surface area contributed by atoms with E-state index in [1.165, 1.54) is 0 Å². The summed E-state index contributed by atoms with van der Waals surface area (Å²) >= 11 is 3.52. The molecule has 0 aromatic heterocycles. The number of anilines is 1. The Bertz CT molecular complexity index is 637. The number of hydrogen-bond acceptors (Lipinski definition) is 1. The van der Waals surface area contributed by atoms with Crippen molar-refractivity contribution in [2.75, 3.05) is 11.4 Å². The van der Waals surface area contributed by atoms with Crippen LogP contribution in [0.25, 0.3) is 0 Å². The summed E-state index contributed by atoms with van der Waals surface area (Å²) < 4.78 is 0.872. The lowest BCUT2D eigenvalue weighted by Crippen LogP contribution is -2.31. The lowest BCUT2D eigenvalue weighted by molar-refractivity contribution is 0.0987. The minimum atomic E-state index is 0.0253. The summed E-state index contributed by atoms with van der Waals surface area (Å²) in [6.45, 7) is 6.65. The fourth-order valence-corrected chi connectivity index (χ4v) is 2.68. The Labute approximate surface area is 128 Å². The third-order valence-electron chi connectivity index (χ3n) is 3.39. The summed E-state index contributed by atoms with van der Waals surface area (Å²) in [7, 11) is 0. The first-order chi connectivity index (χ1) is 9.56. The van der Waals surface area contributed by atoms with Gasteiger partial charge >= 0.3 is 0 Å². The van der Waals surface area contributed by atoms with E-state index in [1.54, 1.807) is 0 Å². The van der Waals surface area contributed by atoms with Crippen LogP contribution in [-0.2, 0) is 0 Å². The highest BCUT2D eigenvalue weighted by atomic mass is 79.9. The Kier molecular flexibility index (Phi) is 4.61. The first-order valence-electron chi connectivity index (χ1n) is 6.69. The van der Waals surface area contributed by atoms with Crippen molar-refractivity contribution in [3.8, 4) is 0 Å². The van der Waals surface area contributed by atoms with Crippen LogP contribution in [0.4, 0.5) is 5.69 Å². The van der Waals surface area contributed by atoms with Crippen LogP contribution in [0.2, 0.25) is 0 Å². The number of nitrogens with zero attached hydrogens (tertiary/aromatic N) is 1. The summed E-state index contributed by atoms with van der Waals surface area (Å²) in [6, 6.07) is 13.7. The normalized spacial score (nSPS) is 10.4. The van der Waals surface area contributed by atoms with E-state index >= 15 is 0 Å². The SMILES string of the molecule is CCN(C(=O)c1cccc(C)c1Br)c1ccccc1C. The standard InChI is InChI=1S/C17H18BrNO/c1-4-19(15-11-6-5-8-12(15)2)17(20)14-10-7-9-13(3)16(14)18/h5-11H,4H2,1-3H3. The smallest absolute Gasteiger partial charge is 0.259 e. The van der Waals surface area contributed by atoms with Gasteiger partial charge in [-0.25, -0.2) is 0 Å². The summed E-state index contributed by atoms with van der Waals surface area (Å²) in [5, 5.41) is 0. The molecule has 0 unspecified atom stereocenters. The molecule has 0 heterocycles. The predicted octanol–water partition coefficient (Wildman–Crippen LogP) is 4.73. The van der Waals surface area contributed by atoms with Crippen LogP contribution in [0.5, 0.6) is 0 Å². The molecule has 0 saturated heterocycles. The molecule has 0 radical (unpaired) electrons. The van der Waals surface area contributed by atoms with Gasteiger partial charge in [0.15, 0.2) is 0 Å². The van der Waals surface area contributed by atoms with Crippen molar-refractivity contribution in [3.63, 3.8) is 0 Å². The van der Waals surface area contributed by atoms with Gasteiger partial charge in [-0.3, -0.25) is 4.79 Å². The maximum atomic E-state index is 12.8. The molecule has 0 N–H and O–H groups in total. The Morgan fingerprint density at radius 2 is 1.70 bits per heavy atom. The number of rotatable bonds is 3. The Balaban J connectivity index is 2.45. The molecular formula is C17H18BrNO. The van der Waals surface area contributed by atoms with E-state index in [0.717, 1.165) is 21.3 Å². The van der Waals surface area contributed by atoms with Gasteiger partial charge in [0.05, 0.1) is 5.56 Å². The number of halogens is 1. The van der Waals surface area contributed by atoms with Crippen LogP contribution >= 0.6 is 15.9 Å². The van der Waals surface area contributed by atoms with Crippen molar-refractivity contribution in [2.24, 2.45) is 0 Å². The highest BCUT2D eigenvalue weighted by molar-refractivity contribution is 9.10. The third-order valence-corrected chi connectivity index (χ3v) is 4.44. The highest BCUT2D eigenvalue weighted by Gasteiger charge is 2.20. The number of benzene rings is 2. The van der Waals surface area contributed by atoms with E-state index in [9.17, 15) is 4.79 Å². The maximum Gasteiger partial charge on any atom is 0.259 e. The molecule has 0 spiro atoms. The fourth-order valence-electron chi connectivity index (χ4n) is 2.25. The number of aryl methyl sites for hydroxylation is 2. The summed E-state index contributed by atoms with van der Waals surface area (Å²) in [6.07, 6.45) is 0. The van der Waals surface area contributed by atoms with Crippen molar-refractivity contribution in [1.29, 1.82) is 0 Å². The number of hydrogen-bond donors (Lipinski definition) is 0. The minimum Gasteiger partial charge on any atom is -0.308 e. The zero-order valence-electron chi connectivity index (χ0n) is 12.0. The largest absolute Gasteiger partial charge is 0.308 e. The van der Waals surface area contributed by atoms with E-state index in [-0.39, 0.29) is 5.91 Å². The van der Waals surface area contributed by atoms with Crippen LogP contribution in [0.3, 0.4) is 0 Å². The average molecular weight is 332 g/mol. The van der Waals surface area contributed by atoms with Crippen LogP contribution in [-0.4, -0.2) is 12.5 Å². The number of carbonyl (C=O) groups is 1. The van der Waals surface area contributed by atoms with Crippen LogP contribution in [0.1, 0.15) is 28.4 Å². The third kappa shape index (κ3) is 2.78. The van der Waals surface area contributed by atoms with Gasteiger partial charge in [0.2, 0.25) is 0 Å². The van der Waals surface area contributed by atoms with Gasteiger partial charge in [0.25, 0.3) is 5.91 Å². The molecule has 0 aliphatic carbocycles. The van der Waals surface area contributed by atoms with Gasteiger partial charge < -0.3 is 4.90 Å². The zero-order valence-corrected chi connectivity index (χ0v) is 13.6. The molecule has 1 amide bonds. The first kappa shape index (κ1) is 14.8. The monoisotopic (exact) mass is 331 g/mol. The molecule has 3 heteroatoms. The second-order valence-electron chi connectivity index (χ2n) is 4.77. The Morgan fingerprint density at radius 1 is 1.05 bits per heavy atom. The predicted molar refractivity (Wildman–Crippen MR) is 87.4 cm³/mol. The number of amides is 1. The second kappa shape index (κ2) is 6.23. The zero-order chi connectivity index (χ0) is 14.7. The first-order valence-corrected chi connectivity index (χ1v) is 7.48. The molecule has 2 aromatic rings. The molecule has 0 atom stereocenters. The maximum absolute atomic E-state index is 12.8. The van der Waals surface area contributed by atoms with E-state index < -0.39 is 0 Å². The van der Waals surface area contributed by atoms with E-state index in [1.807, 2.05) is 68.1 Å². The van der Waals surface area contributed by atoms with Crippen LogP contribution < -0.4 is 4.90 Å². The Hall–Kier alpha value is -1.61.